The van der Waals surface area contributed by atoms with Gasteiger partial charge in [-0.3, -0.25) is 0 Å². The van der Waals surface area contributed by atoms with Crippen molar-refractivity contribution < 1.29 is 87.8 Å². The topological polar surface area (TPSA) is 0 Å². The van der Waals surface area contributed by atoms with Crippen LogP contribution in [-0.4, -0.2) is 77.3 Å². The van der Waals surface area contributed by atoms with Gasteiger partial charge in [0.15, 0.2) is 0 Å². The molecule has 0 amide bonds. The Kier molecular flexibility index (Phi) is 13.8. The molecule has 0 radical (unpaired) electrons. The summed E-state index contributed by atoms with van der Waals surface area (Å²) in [5.74, 6) is -27.5. The normalized spacial score (nSPS) is 16.7. The average molecular weight is 770 g/mol. The second kappa shape index (κ2) is 14.0. The quantitative estimate of drug-likeness (QED) is 0.0740. The third-order valence-electron chi connectivity index (χ3n) is 5.45. The summed E-state index contributed by atoms with van der Waals surface area (Å²) in [6.07, 6.45) is -29.8. The molecule has 0 bridgehead atoms. The Balaban J connectivity index is 5.54. The standard InChI is InChI=1S/C20H22F20Te/c21-11(7-3-1-5-9-13(23,24)25)15(29,30)17(33,34)19(37,38)41-20(39,40)18(35,36)16(31,32)12(22)8-4-2-6-10-14(26,27)28/h11-12H,1-10H2. The van der Waals surface area contributed by atoms with Crippen LogP contribution in [-0.2, 0) is 0 Å². The molecule has 0 aromatic rings. The fourth-order valence-electron chi connectivity index (χ4n) is 3.08. The van der Waals surface area contributed by atoms with Gasteiger partial charge in [0, 0.05) is 0 Å². The van der Waals surface area contributed by atoms with E-state index >= 15 is 0 Å². The van der Waals surface area contributed by atoms with Crippen molar-refractivity contribution in [2.45, 2.75) is 121 Å². The summed E-state index contributed by atoms with van der Waals surface area (Å²) in [5, 5.41) is 0. The van der Waals surface area contributed by atoms with Crippen molar-refractivity contribution >= 4 is 20.9 Å². The van der Waals surface area contributed by atoms with Gasteiger partial charge in [-0.15, -0.1) is 0 Å². The van der Waals surface area contributed by atoms with Crippen LogP contribution in [0.4, 0.5) is 87.8 Å². The van der Waals surface area contributed by atoms with Crippen LogP contribution >= 0.6 is 0 Å². The molecule has 0 nitrogen and oxygen atoms in total. The molecule has 0 N–H and O–H groups in total. The van der Waals surface area contributed by atoms with Crippen LogP contribution in [0.5, 0.6) is 0 Å². The van der Waals surface area contributed by atoms with E-state index in [4.69, 9.17) is 0 Å². The summed E-state index contributed by atoms with van der Waals surface area (Å²) in [4.78, 5) is 0. The summed E-state index contributed by atoms with van der Waals surface area (Å²) in [5.41, 5.74) is 0. The minimum absolute atomic E-state index is 0.724. The maximum absolute atomic E-state index is 13.9. The Hall–Kier alpha value is -0.610. The van der Waals surface area contributed by atoms with Gasteiger partial charge in [0.2, 0.25) is 0 Å². The van der Waals surface area contributed by atoms with Crippen molar-refractivity contribution in [1.82, 2.24) is 0 Å². The molecule has 41 heavy (non-hydrogen) atoms. The Bertz CT molecular complexity index is 723. The summed E-state index contributed by atoms with van der Waals surface area (Å²) >= 11 is -6.05. The van der Waals surface area contributed by atoms with Crippen LogP contribution in [0.15, 0.2) is 0 Å². The van der Waals surface area contributed by atoms with Gasteiger partial charge in [-0.1, -0.05) is 0 Å². The molecular weight excluding hydrogens is 748 g/mol. The van der Waals surface area contributed by atoms with Crippen LogP contribution in [0.1, 0.15) is 64.2 Å². The predicted octanol–water partition coefficient (Wildman–Crippen LogP) is 10.1. The minimum atomic E-state index is -7.18. The van der Waals surface area contributed by atoms with Crippen molar-refractivity contribution in [2.75, 3.05) is 0 Å². The zero-order chi connectivity index (χ0) is 32.9. The third kappa shape index (κ3) is 10.8. The van der Waals surface area contributed by atoms with Gasteiger partial charge < -0.3 is 0 Å². The third-order valence-corrected chi connectivity index (χ3v) is 8.37. The SMILES string of the molecule is FC(CCCCCC(F)(F)F)C(F)(F)C(F)(F)C(F)(F)[Te]C(F)(F)C(F)(F)C(F)(F)C(F)CCCCCC(F)(F)F. The number of rotatable bonds is 18. The van der Waals surface area contributed by atoms with E-state index in [1.165, 1.54) is 0 Å². The van der Waals surface area contributed by atoms with Gasteiger partial charge in [-0.25, -0.2) is 0 Å². The molecule has 0 spiro atoms. The van der Waals surface area contributed by atoms with Gasteiger partial charge in [-0.05, 0) is 0 Å². The van der Waals surface area contributed by atoms with Gasteiger partial charge in [0.25, 0.3) is 0 Å². The number of halogens is 20. The van der Waals surface area contributed by atoms with E-state index < -0.39 is 141 Å². The van der Waals surface area contributed by atoms with Gasteiger partial charge in [0.1, 0.15) is 0 Å². The molecule has 2 atom stereocenters. The van der Waals surface area contributed by atoms with E-state index in [2.05, 4.69) is 0 Å². The van der Waals surface area contributed by atoms with Crippen molar-refractivity contribution in [3.8, 4) is 0 Å². The Morgan fingerprint density at radius 3 is 0.902 bits per heavy atom. The van der Waals surface area contributed by atoms with Crippen LogP contribution in [0.2, 0.25) is 0 Å². The first-order chi connectivity index (χ1) is 18.0. The summed E-state index contributed by atoms with van der Waals surface area (Å²) in [6.45, 7) is 0. The van der Waals surface area contributed by atoms with E-state index in [0.29, 0.717) is 0 Å². The number of unbranched alkanes of at least 4 members (excludes halogenated alkanes) is 4. The number of hydrogen-bond acceptors (Lipinski definition) is 0. The molecule has 0 saturated heterocycles. The molecule has 248 valence electrons. The summed E-state index contributed by atoms with van der Waals surface area (Å²) in [6, 6.07) is 0. The van der Waals surface area contributed by atoms with E-state index in [1.54, 1.807) is 0 Å². The maximum atomic E-state index is 13.9. The van der Waals surface area contributed by atoms with Crippen molar-refractivity contribution in [1.29, 1.82) is 0 Å². The van der Waals surface area contributed by atoms with Crippen molar-refractivity contribution in [2.24, 2.45) is 0 Å². The van der Waals surface area contributed by atoms with Crippen LogP contribution < -0.4 is 0 Å². The molecule has 0 fully saturated rings. The zero-order valence-electron chi connectivity index (χ0n) is 20.2. The molecule has 0 aliphatic heterocycles. The molecule has 21 heteroatoms. The van der Waals surface area contributed by atoms with E-state index in [-0.39, 0.29) is 0 Å². The Morgan fingerprint density at radius 1 is 0.390 bits per heavy atom. The van der Waals surface area contributed by atoms with Gasteiger partial charge in [-0.2, -0.15) is 0 Å². The van der Waals surface area contributed by atoms with Crippen molar-refractivity contribution in [3.63, 3.8) is 0 Å². The van der Waals surface area contributed by atoms with Crippen LogP contribution in [0, 0.1) is 0 Å². The molecule has 2 unspecified atom stereocenters. The van der Waals surface area contributed by atoms with Crippen LogP contribution in [0.25, 0.3) is 0 Å². The molecule has 0 aromatic heterocycles. The van der Waals surface area contributed by atoms with Gasteiger partial charge >= 0.3 is 229 Å². The van der Waals surface area contributed by atoms with E-state index in [1.807, 2.05) is 0 Å². The molecule has 0 aliphatic carbocycles. The van der Waals surface area contributed by atoms with Crippen molar-refractivity contribution in [3.05, 3.63) is 0 Å². The first-order valence-electron chi connectivity index (χ1n) is 11.3. The molecule has 0 saturated carbocycles. The summed E-state index contributed by atoms with van der Waals surface area (Å²) < 4.78 is 252. The summed E-state index contributed by atoms with van der Waals surface area (Å²) in [7, 11) is 0. The first-order valence-corrected chi connectivity index (χ1v) is 13.7. The Morgan fingerprint density at radius 2 is 0.659 bits per heavy atom. The second-order valence-electron chi connectivity index (χ2n) is 8.89. The fraction of sp³-hybridized carbons (Fsp3) is 1.00. The molecule has 0 aliphatic rings. The molecule has 0 rings (SSSR count). The van der Waals surface area contributed by atoms with E-state index in [0.717, 1.165) is 0 Å². The molecule has 0 heterocycles. The molecular formula is C20H22F20Te. The predicted molar refractivity (Wildman–Crippen MR) is 104 cm³/mol. The van der Waals surface area contributed by atoms with Gasteiger partial charge in [0.05, 0.1) is 0 Å². The Labute approximate surface area is 229 Å². The number of alkyl halides is 20. The molecule has 0 aromatic carbocycles. The second-order valence-corrected chi connectivity index (χ2v) is 12.4. The van der Waals surface area contributed by atoms with E-state index in [9.17, 15) is 87.8 Å². The van der Waals surface area contributed by atoms with Crippen LogP contribution in [0.3, 0.4) is 0 Å². The first kappa shape index (κ1) is 40.4. The fourth-order valence-corrected chi connectivity index (χ4v) is 5.51. The number of hydrogen-bond donors (Lipinski definition) is 0. The zero-order valence-corrected chi connectivity index (χ0v) is 22.5. The monoisotopic (exact) mass is 772 g/mol. The average Bonchev–Trinajstić information content (AvgIpc) is 2.75.